The zero-order chi connectivity index (χ0) is 20.1. The van der Waals surface area contributed by atoms with Crippen molar-refractivity contribution in [3.63, 3.8) is 0 Å². The van der Waals surface area contributed by atoms with Crippen LogP contribution in [0.25, 0.3) is 0 Å². The summed E-state index contributed by atoms with van der Waals surface area (Å²) >= 11 is 0. The van der Waals surface area contributed by atoms with E-state index in [-0.39, 0.29) is 22.2 Å². The standard InChI is InChI=1S/C21H33N3O4/c1-4-28-18-5-6-20(24(25)26)19(15-18)22-16-9-13-23(14-10-16)21(2)11-7-17(27-3)8-12-21/h5-6,15-17,22H,4,7-14H2,1-3H3. The number of benzene rings is 1. The van der Waals surface area contributed by atoms with Gasteiger partial charge in [0.15, 0.2) is 0 Å². The van der Waals surface area contributed by atoms with Gasteiger partial charge in [-0.25, -0.2) is 0 Å². The molecule has 28 heavy (non-hydrogen) atoms. The molecule has 1 heterocycles. The first-order valence-electron chi connectivity index (χ1n) is 10.4. The molecule has 0 radical (unpaired) electrons. The fraction of sp³-hybridized carbons (Fsp3) is 0.714. The Labute approximate surface area is 167 Å². The van der Waals surface area contributed by atoms with Crippen LogP contribution in [0.1, 0.15) is 52.4 Å². The average molecular weight is 392 g/mol. The van der Waals surface area contributed by atoms with Crippen molar-refractivity contribution in [3.8, 4) is 5.75 Å². The number of nitrogens with one attached hydrogen (secondary N) is 1. The highest BCUT2D eigenvalue weighted by Gasteiger charge is 2.38. The van der Waals surface area contributed by atoms with Gasteiger partial charge in [-0.15, -0.1) is 0 Å². The molecule has 7 heteroatoms. The number of rotatable bonds is 7. The van der Waals surface area contributed by atoms with E-state index in [2.05, 4.69) is 17.1 Å². The van der Waals surface area contributed by atoms with Gasteiger partial charge in [-0.3, -0.25) is 15.0 Å². The predicted molar refractivity (Wildman–Crippen MR) is 110 cm³/mol. The van der Waals surface area contributed by atoms with Crippen LogP contribution in [-0.4, -0.2) is 54.3 Å². The molecule has 0 atom stereocenters. The van der Waals surface area contributed by atoms with Gasteiger partial charge in [-0.2, -0.15) is 0 Å². The van der Waals surface area contributed by atoms with Crippen LogP contribution in [0, 0.1) is 10.1 Å². The van der Waals surface area contributed by atoms with Crippen LogP contribution in [0.2, 0.25) is 0 Å². The number of hydrogen-bond donors (Lipinski definition) is 1. The molecule has 2 fully saturated rings. The molecule has 3 rings (SSSR count). The van der Waals surface area contributed by atoms with E-state index >= 15 is 0 Å². The van der Waals surface area contributed by atoms with Gasteiger partial charge in [0.2, 0.25) is 0 Å². The maximum atomic E-state index is 11.4. The minimum absolute atomic E-state index is 0.107. The second-order valence-corrected chi connectivity index (χ2v) is 8.21. The quantitative estimate of drug-likeness (QED) is 0.554. The Bertz CT molecular complexity index is 666. The summed E-state index contributed by atoms with van der Waals surface area (Å²) in [7, 11) is 1.81. The van der Waals surface area contributed by atoms with Crippen molar-refractivity contribution >= 4 is 11.4 Å². The van der Waals surface area contributed by atoms with Gasteiger partial charge in [0.1, 0.15) is 11.4 Å². The summed E-state index contributed by atoms with van der Waals surface area (Å²) in [5.41, 5.74) is 0.915. The van der Waals surface area contributed by atoms with E-state index in [1.165, 1.54) is 18.9 Å². The van der Waals surface area contributed by atoms with Crippen molar-refractivity contribution in [2.75, 3.05) is 32.1 Å². The lowest BCUT2D eigenvalue weighted by atomic mass is 9.79. The number of piperidine rings is 1. The number of anilines is 1. The van der Waals surface area contributed by atoms with Crippen molar-refractivity contribution < 1.29 is 14.4 Å². The number of nitrogens with zero attached hydrogens (tertiary/aromatic N) is 2. The van der Waals surface area contributed by atoms with Gasteiger partial charge in [-0.05, 0) is 58.4 Å². The fourth-order valence-corrected chi connectivity index (χ4v) is 4.60. The molecule has 1 aliphatic heterocycles. The summed E-state index contributed by atoms with van der Waals surface area (Å²) in [4.78, 5) is 13.7. The summed E-state index contributed by atoms with van der Waals surface area (Å²) in [6.07, 6.45) is 6.98. The maximum absolute atomic E-state index is 11.4. The van der Waals surface area contributed by atoms with E-state index in [0.29, 0.717) is 24.1 Å². The minimum atomic E-state index is -0.331. The fourth-order valence-electron chi connectivity index (χ4n) is 4.60. The molecule has 0 bridgehead atoms. The van der Waals surface area contributed by atoms with Crippen molar-refractivity contribution in [2.45, 2.75) is 70.1 Å². The topological polar surface area (TPSA) is 76.9 Å². The lowest BCUT2D eigenvalue weighted by Gasteiger charge is -2.48. The smallest absolute Gasteiger partial charge is 0.292 e. The van der Waals surface area contributed by atoms with E-state index in [9.17, 15) is 10.1 Å². The largest absolute Gasteiger partial charge is 0.494 e. The number of nitro groups is 1. The van der Waals surface area contributed by atoms with Crippen LogP contribution in [0.3, 0.4) is 0 Å². The van der Waals surface area contributed by atoms with Crippen LogP contribution in [-0.2, 0) is 4.74 Å². The normalized spacial score (nSPS) is 26.8. The summed E-state index contributed by atoms with van der Waals surface area (Å²) in [6.45, 7) is 6.86. The van der Waals surface area contributed by atoms with Crippen LogP contribution < -0.4 is 10.1 Å². The van der Waals surface area contributed by atoms with Gasteiger partial charge in [0.05, 0.1) is 17.6 Å². The number of likely N-dealkylation sites (tertiary alicyclic amines) is 1. The van der Waals surface area contributed by atoms with Crippen LogP contribution in [0.5, 0.6) is 5.75 Å². The van der Waals surface area contributed by atoms with Crippen LogP contribution >= 0.6 is 0 Å². The lowest BCUT2D eigenvalue weighted by molar-refractivity contribution is -0.384. The first-order chi connectivity index (χ1) is 13.4. The molecular formula is C21H33N3O4. The molecule has 1 aromatic carbocycles. The van der Waals surface area contributed by atoms with Crippen molar-refractivity contribution in [1.82, 2.24) is 4.90 Å². The summed E-state index contributed by atoms with van der Waals surface area (Å²) in [5, 5.41) is 14.8. The third-order valence-corrected chi connectivity index (χ3v) is 6.44. The molecule has 0 unspecified atom stereocenters. The van der Waals surface area contributed by atoms with Crippen LogP contribution in [0.4, 0.5) is 11.4 Å². The molecule has 1 saturated carbocycles. The molecule has 1 aliphatic carbocycles. The lowest BCUT2D eigenvalue weighted by Crippen LogP contribution is -2.53. The predicted octanol–water partition coefficient (Wildman–Crippen LogP) is 4.22. The van der Waals surface area contributed by atoms with Gasteiger partial charge in [-0.1, -0.05) is 0 Å². The Kier molecular flexibility index (Phi) is 6.78. The zero-order valence-electron chi connectivity index (χ0n) is 17.3. The molecule has 0 spiro atoms. The zero-order valence-corrected chi connectivity index (χ0v) is 17.3. The van der Waals surface area contributed by atoms with E-state index in [4.69, 9.17) is 9.47 Å². The first kappa shape index (κ1) is 20.9. The Morgan fingerprint density at radius 1 is 1.25 bits per heavy atom. The summed E-state index contributed by atoms with van der Waals surface area (Å²) in [5.74, 6) is 0.662. The highest BCUT2D eigenvalue weighted by Crippen LogP contribution is 2.37. The Morgan fingerprint density at radius 3 is 2.50 bits per heavy atom. The second kappa shape index (κ2) is 9.09. The molecule has 7 nitrogen and oxygen atoms in total. The maximum Gasteiger partial charge on any atom is 0.292 e. The van der Waals surface area contributed by atoms with E-state index in [1.807, 2.05) is 14.0 Å². The molecular weight excluding hydrogens is 358 g/mol. The molecule has 156 valence electrons. The highest BCUT2D eigenvalue weighted by molar-refractivity contribution is 5.64. The molecule has 2 aliphatic rings. The van der Waals surface area contributed by atoms with Crippen molar-refractivity contribution in [1.29, 1.82) is 0 Å². The van der Waals surface area contributed by atoms with Gasteiger partial charge in [0.25, 0.3) is 5.69 Å². The SMILES string of the molecule is CCOc1ccc([N+](=O)[O-])c(NC2CCN(C3(C)CCC(OC)CC3)CC2)c1. The van der Waals surface area contributed by atoms with E-state index in [1.54, 1.807) is 12.1 Å². The van der Waals surface area contributed by atoms with Gasteiger partial charge < -0.3 is 14.8 Å². The molecule has 0 amide bonds. The number of nitro benzene ring substituents is 1. The Morgan fingerprint density at radius 2 is 1.93 bits per heavy atom. The monoisotopic (exact) mass is 391 g/mol. The average Bonchev–Trinajstić information content (AvgIpc) is 2.69. The van der Waals surface area contributed by atoms with Crippen molar-refractivity contribution in [2.24, 2.45) is 0 Å². The van der Waals surface area contributed by atoms with Crippen molar-refractivity contribution in [3.05, 3.63) is 28.3 Å². The Balaban J connectivity index is 1.60. The number of hydrogen-bond acceptors (Lipinski definition) is 6. The number of methoxy groups -OCH3 is 1. The Hall–Kier alpha value is -1.86. The first-order valence-corrected chi connectivity index (χ1v) is 10.4. The second-order valence-electron chi connectivity index (χ2n) is 8.21. The van der Waals surface area contributed by atoms with Gasteiger partial charge >= 0.3 is 0 Å². The minimum Gasteiger partial charge on any atom is -0.494 e. The molecule has 0 aromatic heterocycles. The third-order valence-electron chi connectivity index (χ3n) is 6.44. The molecule has 1 saturated heterocycles. The van der Waals surface area contributed by atoms with Crippen LogP contribution in [0.15, 0.2) is 18.2 Å². The third kappa shape index (κ3) is 4.75. The molecule has 1 N–H and O–H groups in total. The van der Waals surface area contributed by atoms with E-state index in [0.717, 1.165) is 38.8 Å². The van der Waals surface area contributed by atoms with Gasteiger partial charge in [0, 0.05) is 43.9 Å². The highest BCUT2D eigenvalue weighted by atomic mass is 16.6. The molecule has 1 aromatic rings. The number of ether oxygens (including phenoxy) is 2. The summed E-state index contributed by atoms with van der Waals surface area (Å²) < 4.78 is 11.0. The summed E-state index contributed by atoms with van der Waals surface area (Å²) in [6, 6.07) is 5.18. The van der Waals surface area contributed by atoms with E-state index < -0.39 is 0 Å².